The lowest BCUT2D eigenvalue weighted by Crippen LogP contribution is -2.25. The van der Waals surface area contributed by atoms with E-state index in [1.807, 2.05) is 0 Å². The molecule has 2 rings (SSSR count). The molecule has 19 heavy (non-hydrogen) atoms. The van der Waals surface area contributed by atoms with Crippen molar-refractivity contribution >= 4 is 5.82 Å². The summed E-state index contributed by atoms with van der Waals surface area (Å²) in [5, 5.41) is 0. The van der Waals surface area contributed by atoms with Crippen LogP contribution in [0.1, 0.15) is 38.2 Å². The second kappa shape index (κ2) is 6.68. The van der Waals surface area contributed by atoms with E-state index in [0.717, 1.165) is 12.1 Å². The van der Waals surface area contributed by atoms with Crippen molar-refractivity contribution in [3.63, 3.8) is 0 Å². The summed E-state index contributed by atoms with van der Waals surface area (Å²) in [6.07, 6.45) is 4.07. The molecular weight excluding hydrogens is 242 g/mol. The lowest BCUT2D eigenvalue weighted by Gasteiger charge is -2.18. The molecule has 6 heteroatoms. The monoisotopic (exact) mass is 265 g/mol. The second-order valence-electron chi connectivity index (χ2n) is 5.14. The van der Waals surface area contributed by atoms with Crippen molar-refractivity contribution < 1.29 is 4.74 Å². The zero-order valence-electron chi connectivity index (χ0n) is 11.7. The smallest absolute Gasteiger partial charge is 0.222 e. The Balaban J connectivity index is 1.98. The van der Waals surface area contributed by atoms with Crippen LogP contribution in [0.15, 0.2) is 6.33 Å². The molecule has 6 nitrogen and oxygen atoms in total. The molecular formula is C13H23N5O. The van der Waals surface area contributed by atoms with E-state index in [2.05, 4.69) is 34.1 Å². The number of anilines is 1. The van der Waals surface area contributed by atoms with Crippen molar-refractivity contribution in [3.8, 4) is 5.88 Å². The Bertz CT molecular complexity index is 404. The molecule has 1 aliphatic heterocycles. The number of nitrogens with one attached hydrogen (secondary N) is 1. The molecule has 1 fully saturated rings. The number of likely N-dealkylation sites (tertiary alicyclic amines) is 1. The van der Waals surface area contributed by atoms with Gasteiger partial charge < -0.3 is 10.2 Å². The third kappa shape index (κ3) is 3.54. The molecule has 0 amide bonds. The van der Waals surface area contributed by atoms with E-state index in [0.29, 0.717) is 18.3 Å². The van der Waals surface area contributed by atoms with E-state index in [1.54, 1.807) is 0 Å². The predicted molar refractivity (Wildman–Crippen MR) is 75.1 cm³/mol. The molecule has 0 aromatic carbocycles. The van der Waals surface area contributed by atoms with Crippen LogP contribution in [0.5, 0.6) is 5.88 Å². The molecule has 0 atom stereocenters. The number of nitrogens with two attached hydrogens (primary N) is 1. The maximum atomic E-state index is 5.81. The summed E-state index contributed by atoms with van der Waals surface area (Å²) in [6, 6.07) is 0. The molecule has 1 saturated heterocycles. The molecule has 1 aromatic rings. The third-order valence-corrected chi connectivity index (χ3v) is 3.41. The number of hydrogen-bond donors (Lipinski definition) is 2. The van der Waals surface area contributed by atoms with Crippen molar-refractivity contribution in [2.75, 3.05) is 31.7 Å². The maximum absolute atomic E-state index is 5.81. The summed E-state index contributed by atoms with van der Waals surface area (Å²) >= 11 is 0. The fourth-order valence-electron chi connectivity index (χ4n) is 2.41. The van der Waals surface area contributed by atoms with E-state index >= 15 is 0 Å². The van der Waals surface area contributed by atoms with Crippen molar-refractivity contribution in [1.29, 1.82) is 0 Å². The highest BCUT2D eigenvalue weighted by atomic mass is 16.5. The summed E-state index contributed by atoms with van der Waals surface area (Å²) in [4.78, 5) is 10.8. The summed E-state index contributed by atoms with van der Waals surface area (Å²) in [5.41, 5.74) is 3.54. The van der Waals surface area contributed by atoms with E-state index in [9.17, 15) is 0 Å². The largest absolute Gasteiger partial charge is 0.476 e. The lowest BCUT2D eigenvalue weighted by molar-refractivity contribution is 0.229. The summed E-state index contributed by atoms with van der Waals surface area (Å²) < 4.78 is 5.81. The van der Waals surface area contributed by atoms with Gasteiger partial charge in [-0.25, -0.2) is 15.8 Å². The van der Waals surface area contributed by atoms with Crippen LogP contribution in [0.4, 0.5) is 5.82 Å². The lowest BCUT2D eigenvalue weighted by atomic mass is 10.1. The number of nitrogen functional groups attached to an aromatic ring is 1. The fraction of sp³-hybridized carbons (Fsp3) is 0.692. The Hall–Kier alpha value is -1.40. The van der Waals surface area contributed by atoms with Crippen LogP contribution >= 0.6 is 0 Å². The average Bonchev–Trinajstić information content (AvgIpc) is 2.91. The molecule has 0 radical (unpaired) electrons. The number of nitrogens with zero attached hydrogens (tertiary/aromatic N) is 3. The zero-order valence-corrected chi connectivity index (χ0v) is 11.7. The first-order chi connectivity index (χ1) is 9.22. The predicted octanol–water partition coefficient (Wildman–Crippen LogP) is 1.36. The van der Waals surface area contributed by atoms with Crippen molar-refractivity contribution in [3.05, 3.63) is 11.9 Å². The highest BCUT2D eigenvalue weighted by Crippen LogP contribution is 2.29. The molecule has 0 aliphatic carbocycles. The van der Waals surface area contributed by atoms with Gasteiger partial charge in [0.15, 0.2) is 5.82 Å². The van der Waals surface area contributed by atoms with Crippen LogP contribution in [-0.4, -0.2) is 41.1 Å². The van der Waals surface area contributed by atoms with Gasteiger partial charge in [-0.15, -0.1) is 0 Å². The highest BCUT2D eigenvalue weighted by Gasteiger charge is 2.16. The standard InChI is InChI=1S/C13H23N5O/c1-10(2)11-12(17-14)15-9-16-13(11)19-8-7-18-5-3-4-6-18/h9-10H,3-8,14H2,1-2H3,(H,15,16,17). The molecule has 0 bridgehead atoms. The molecule has 2 heterocycles. The minimum atomic E-state index is 0.258. The van der Waals surface area contributed by atoms with Crippen molar-refractivity contribution in [2.45, 2.75) is 32.6 Å². The van der Waals surface area contributed by atoms with Crippen LogP contribution in [0.2, 0.25) is 0 Å². The third-order valence-electron chi connectivity index (χ3n) is 3.41. The summed E-state index contributed by atoms with van der Waals surface area (Å²) in [5.74, 6) is 7.02. The Labute approximate surface area is 114 Å². The summed E-state index contributed by atoms with van der Waals surface area (Å²) in [7, 11) is 0. The molecule has 3 N–H and O–H groups in total. The van der Waals surface area contributed by atoms with Crippen LogP contribution in [0, 0.1) is 0 Å². The fourth-order valence-corrected chi connectivity index (χ4v) is 2.41. The van der Waals surface area contributed by atoms with Gasteiger partial charge in [-0.1, -0.05) is 13.8 Å². The SMILES string of the molecule is CC(C)c1c(NN)ncnc1OCCN1CCCC1. The average molecular weight is 265 g/mol. The Morgan fingerprint density at radius 3 is 2.74 bits per heavy atom. The first-order valence-corrected chi connectivity index (χ1v) is 6.89. The molecule has 106 valence electrons. The van der Waals surface area contributed by atoms with Crippen LogP contribution in [-0.2, 0) is 0 Å². The van der Waals surface area contributed by atoms with Crippen LogP contribution < -0.4 is 16.0 Å². The second-order valence-corrected chi connectivity index (χ2v) is 5.14. The van der Waals surface area contributed by atoms with Gasteiger partial charge in [-0.05, 0) is 31.8 Å². The van der Waals surface area contributed by atoms with Crippen molar-refractivity contribution in [2.24, 2.45) is 5.84 Å². The van der Waals surface area contributed by atoms with Gasteiger partial charge in [0.2, 0.25) is 5.88 Å². The van der Waals surface area contributed by atoms with Crippen LogP contribution in [0.25, 0.3) is 0 Å². The molecule has 0 spiro atoms. The number of hydrazine groups is 1. The Morgan fingerprint density at radius 1 is 1.37 bits per heavy atom. The number of rotatable bonds is 6. The van der Waals surface area contributed by atoms with E-state index < -0.39 is 0 Å². The minimum absolute atomic E-state index is 0.258. The number of aromatic nitrogens is 2. The summed E-state index contributed by atoms with van der Waals surface area (Å²) in [6.45, 7) is 8.12. The van der Waals surface area contributed by atoms with Gasteiger partial charge in [0.25, 0.3) is 0 Å². The number of hydrogen-bond acceptors (Lipinski definition) is 6. The molecule has 1 aromatic heterocycles. The topological polar surface area (TPSA) is 76.3 Å². The minimum Gasteiger partial charge on any atom is -0.476 e. The first kappa shape index (κ1) is 14.0. The molecule has 0 unspecified atom stereocenters. The molecule has 0 saturated carbocycles. The van der Waals surface area contributed by atoms with E-state index in [4.69, 9.17) is 10.6 Å². The first-order valence-electron chi connectivity index (χ1n) is 6.89. The highest BCUT2D eigenvalue weighted by molar-refractivity contribution is 5.49. The van der Waals surface area contributed by atoms with Gasteiger partial charge in [0, 0.05) is 6.54 Å². The van der Waals surface area contributed by atoms with Gasteiger partial charge in [0.05, 0.1) is 5.56 Å². The van der Waals surface area contributed by atoms with E-state index in [-0.39, 0.29) is 5.92 Å². The van der Waals surface area contributed by atoms with Gasteiger partial charge >= 0.3 is 0 Å². The normalized spacial score (nSPS) is 16.0. The van der Waals surface area contributed by atoms with Gasteiger partial charge in [-0.3, -0.25) is 4.90 Å². The van der Waals surface area contributed by atoms with Crippen LogP contribution in [0.3, 0.4) is 0 Å². The zero-order chi connectivity index (χ0) is 13.7. The quantitative estimate of drug-likeness (QED) is 0.597. The molecule has 1 aliphatic rings. The van der Waals surface area contributed by atoms with Gasteiger partial charge in [0.1, 0.15) is 12.9 Å². The van der Waals surface area contributed by atoms with Crippen molar-refractivity contribution in [1.82, 2.24) is 14.9 Å². The Morgan fingerprint density at radius 2 is 2.11 bits per heavy atom. The number of ether oxygens (including phenoxy) is 1. The van der Waals surface area contributed by atoms with E-state index in [1.165, 1.54) is 32.3 Å². The van der Waals surface area contributed by atoms with Gasteiger partial charge in [-0.2, -0.15) is 0 Å². The Kier molecular flexibility index (Phi) is 4.93. The maximum Gasteiger partial charge on any atom is 0.222 e.